The van der Waals surface area contributed by atoms with E-state index >= 15 is 0 Å². The van der Waals surface area contributed by atoms with Crippen LogP contribution in [0, 0.1) is 5.41 Å². The van der Waals surface area contributed by atoms with Gasteiger partial charge in [-0.15, -0.1) is 11.3 Å². The fraction of sp³-hybridized carbons (Fsp3) is 0.765. The van der Waals surface area contributed by atoms with Gasteiger partial charge in [0, 0.05) is 36.4 Å². The van der Waals surface area contributed by atoms with Gasteiger partial charge in [-0.1, -0.05) is 34.6 Å². The average Bonchev–Trinajstić information content (AvgIpc) is 2.92. The number of hydrogen-bond acceptors (Lipinski definition) is 4. The first-order chi connectivity index (χ1) is 10.6. The second-order valence-corrected chi connectivity index (χ2v) is 8.83. The van der Waals surface area contributed by atoms with Gasteiger partial charge in [-0.2, -0.15) is 0 Å². The number of ether oxygens (including phenoxy) is 1. The van der Waals surface area contributed by atoms with Crippen molar-refractivity contribution in [3.8, 4) is 0 Å². The van der Waals surface area contributed by atoms with E-state index < -0.39 is 0 Å². The highest BCUT2D eigenvalue weighted by molar-refractivity contribution is 7.09. The Balaban J connectivity index is 1.89. The lowest BCUT2D eigenvalue weighted by atomic mass is 9.81. The van der Waals surface area contributed by atoms with Gasteiger partial charge >= 0.3 is 6.03 Å². The highest BCUT2D eigenvalue weighted by Gasteiger charge is 2.37. The van der Waals surface area contributed by atoms with E-state index in [1.807, 2.05) is 10.3 Å². The molecule has 1 saturated heterocycles. The third-order valence-electron chi connectivity index (χ3n) is 4.32. The van der Waals surface area contributed by atoms with Crippen molar-refractivity contribution in [2.45, 2.75) is 59.1 Å². The molecule has 2 rings (SSSR count). The van der Waals surface area contributed by atoms with Gasteiger partial charge in [-0.05, 0) is 6.42 Å². The Kier molecular flexibility index (Phi) is 5.36. The van der Waals surface area contributed by atoms with Gasteiger partial charge in [0.2, 0.25) is 0 Å². The van der Waals surface area contributed by atoms with Crippen LogP contribution in [-0.2, 0) is 16.7 Å². The van der Waals surface area contributed by atoms with Gasteiger partial charge < -0.3 is 15.0 Å². The third kappa shape index (κ3) is 4.44. The average molecular weight is 340 g/mol. The molecule has 1 atom stereocenters. The second-order valence-electron chi connectivity index (χ2n) is 7.98. The molecule has 0 aromatic carbocycles. The van der Waals surface area contributed by atoms with Crippen LogP contribution in [0.5, 0.6) is 0 Å². The van der Waals surface area contributed by atoms with Crippen LogP contribution < -0.4 is 5.32 Å². The number of carbonyl (C=O) groups excluding carboxylic acids is 1. The second kappa shape index (κ2) is 6.77. The molecule has 6 heteroatoms. The maximum absolute atomic E-state index is 12.4. The van der Waals surface area contributed by atoms with Gasteiger partial charge in [0.15, 0.2) is 0 Å². The number of aromatic nitrogens is 1. The summed E-state index contributed by atoms with van der Waals surface area (Å²) in [7, 11) is 1.75. The SMILES string of the molecule is COC1CCN(C(=O)NCc2csc(C(C)(C)C)n2)CC1(C)C. The number of amides is 2. The minimum atomic E-state index is -0.0234. The van der Waals surface area contributed by atoms with Crippen LogP contribution in [0.2, 0.25) is 0 Å². The normalized spacial score (nSPS) is 21.3. The first-order valence-electron chi connectivity index (χ1n) is 8.14. The standard InChI is InChI=1S/C17H29N3O2S/c1-16(2,3)14-19-12(10-23-14)9-18-15(21)20-8-7-13(22-6)17(4,5)11-20/h10,13H,7-9,11H2,1-6H3,(H,18,21). The number of thiazole rings is 1. The van der Waals surface area contributed by atoms with Crippen LogP contribution in [0.15, 0.2) is 5.38 Å². The molecule has 0 spiro atoms. The van der Waals surface area contributed by atoms with Gasteiger partial charge in [0.25, 0.3) is 0 Å². The lowest BCUT2D eigenvalue weighted by Crippen LogP contribution is -2.53. The summed E-state index contributed by atoms with van der Waals surface area (Å²) in [6.07, 6.45) is 1.08. The monoisotopic (exact) mass is 339 g/mol. The molecule has 5 nitrogen and oxygen atoms in total. The first-order valence-corrected chi connectivity index (χ1v) is 9.02. The van der Waals surface area contributed by atoms with Crippen molar-refractivity contribution in [3.05, 3.63) is 16.1 Å². The highest BCUT2D eigenvalue weighted by Crippen LogP contribution is 2.31. The van der Waals surface area contributed by atoms with Crippen LogP contribution in [0.4, 0.5) is 4.79 Å². The highest BCUT2D eigenvalue weighted by atomic mass is 32.1. The fourth-order valence-corrected chi connectivity index (χ4v) is 3.86. The summed E-state index contributed by atoms with van der Waals surface area (Å²) in [6.45, 7) is 12.7. The summed E-state index contributed by atoms with van der Waals surface area (Å²) in [4.78, 5) is 18.9. The maximum atomic E-state index is 12.4. The van der Waals surface area contributed by atoms with Gasteiger partial charge in [-0.3, -0.25) is 0 Å². The fourth-order valence-electron chi connectivity index (χ4n) is 2.96. The van der Waals surface area contributed by atoms with Crippen LogP contribution in [0.3, 0.4) is 0 Å². The molecule has 130 valence electrons. The molecule has 0 bridgehead atoms. The Morgan fingerprint density at radius 2 is 2.22 bits per heavy atom. The summed E-state index contributed by atoms with van der Waals surface area (Å²) in [5.41, 5.74) is 0.961. The Labute approximate surface area is 143 Å². The minimum Gasteiger partial charge on any atom is -0.381 e. The molecule has 0 radical (unpaired) electrons. The molecule has 1 aromatic rings. The van der Waals surface area contributed by atoms with Gasteiger partial charge in [-0.25, -0.2) is 9.78 Å². The van der Waals surface area contributed by atoms with E-state index in [2.05, 4.69) is 44.9 Å². The third-order valence-corrected chi connectivity index (χ3v) is 5.63. The zero-order valence-electron chi connectivity index (χ0n) is 15.1. The molecule has 2 amide bonds. The first kappa shape index (κ1) is 18.2. The molecule has 1 N–H and O–H groups in total. The van der Waals surface area contributed by atoms with Crippen molar-refractivity contribution in [3.63, 3.8) is 0 Å². The van der Waals surface area contributed by atoms with Gasteiger partial charge in [0.05, 0.1) is 23.4 Å². The lowest BCUT2D eigenvalue weighted by Gasteiger charge is -2.43. The van der Waals surface area contributed by atoms with Crippen molar-refractivity contribution in [2.75, 3.05) is 20.2 Å². The number of rotatable bonds is 3. The van der Waals surface area contributed by atoms with E-state index in [1.165, 1.54) is 0 Å². The Morgan fingerprint density at radius 1 is 1.52 bits per heavy atom. The molecule has 1 aromatic heterocycles. The predicted molar refractivity (Wildman–Crippen MR) is 93.8 cm³/mol. The molecular weight excluding hydrogens is 310 g/mol. The number of urea groups is 1. The molecule has 23 heavy (non-hydrogen) atoms. The van der Waals surface area contributed by atoms with E-state index in [9.17, 15) is 4.79 Å². The Hall–Kier alpha value is -1.14. The Morgan fingerprint density at radius 3 is 2.74 bits per heavy atom. The quantitative estimate of drug-likeness (QED) is 0.918. The summed E-state index contributed by atoms with van der Waals surface area (Å²) in [6, 6.07) is -0.0158. The zero-order valence-corrected chi connectivity index (χ0v) is 15.9. The van der Waals surface area contributed by atoms with Crippen LogP contribution in [0.25, 0.3) is 0 Å². The molecule has 0 saturated carbocycles. The molecule has 1 aliphatic heterocycles. The zero-order chi connectivity index (χ0) is 17.3. The van der Waals surface area contributed by atoms with Crippen molar-refractivity contribution in [1.82, 2.24) is 15.2 Å². The van der Waals surface area contributed by atoms with E-state index in [-0.39, 0.29) is 23.0 Å². The molecule has 0 aliphatic carbocycles. The van der Waals surface area contributed by atoms with Crippen molar-refractivity contribution in [1.29, 1.82) is 0 Å². The maximum Gasteiger partial charge on any atom is 0.317 e. The summed E-state index contributed by atoms with van der Waals surface area (Å²) in [5.74, 6) is 0. The molecule has 1 aliphatic rings. The van der Waals surface area contributed by atoms with Crippen LogP contribution in [-0.4, -0.2) is 42.2 Å². The van der Waals surface area contributed by atoms with Crippen molar-refractivity contribution in [2.24, 2.45) is 5.41 Å². The summed E-state index contributed by atoms with van der Waals surface area (Å²) < 4.78 is 5.53. The lowest BCUT2D eigenvalue weighted by molar-refractivity contribution is -0.0406. The molecule has 1 unspecified atom stereocenters. The van der Waals surface area contributed by atoms with Crippen LogP contribution in [0.1, 0.15) is 51.7 Å². The van der Waals surface area contributed by atoms with Gasteiger partial charge in [0.1, 0.15) is 0 Å². The van der Waals surface area contributed by atoms with Crippen molar-refractivity contribution < 1.29 is 9.53 Å². The summed E-state index contributed by atoms with van der Waals surface area (Å²) >= 11 is 1.65. The van der Waals surface area contributed by atoms with Crippen molar-refractivity contribution >= 4 is 17.4 Å². The number of hydrogen-bond donors (Lipinski definition) is 1. The molecular formula is C17H29N3O2S. The number of carbonyl (C=O) groups is 1. The summed E-state index contributed by atoms with van der Waals surface area (Å²) in [5, 5.41) is 6.12. The smallest absolute Gasteiger partial charge is 0.317 e. The van der Waals surface area contributed by atoms with E-state index in [4.69, 9.17) is 4.74 Å². The number of piperidine rings is 1. The number of nitrogens with zero attached hydrogens (tertiary/aromatic N) is 2. The van der Waals surface area contributed by atoms with E-state index in [1.54, 1.807) is 18.4 Å². The largest absolute Gasteiger partial charge is 0.381 e. The minimum absolute atomic E-state index is 0.0158. The topological polar surface area (TPSA) is 54.5 Å². The molecule has 2 heterocycles. The molecule has 1 fully saturated rings. The number of likely N-dealkylation sites (tertiary alicyclic amines) is 1. The van der Waals surface area contributed by atoms with E-state index in [0.717, 1.165) is 23.7 Å². The number of methoxy groups -OCH3 is 1. The van der Waals surface area contributed by atoms with E-state index in [0.29, 0.717) is 13.1 Å². The predicted octanol–water partition coefficient (Wildman–Crippen LogP) is 3.40. The van der Waals surface area contributed by atoms with Crippen LogP contribution >= 0.6 is 11.3 Å². The Bertz CT molecular complexity index is 548. The number of nitrogens with one attached hydrogen (secondary N) is 1.